The average Bonchev–Trinajstić information content (AvgIpc) is 3.40. The van der Waals surface area contributed by atoms with E-state index < -0.39 is 12.1 Å². The van der Waals surface area contributed by atoms with Crippen molar-refractivity contribution in [3.63, 3.8) is 0 Å². The molecule has 1 aromatic heterocycles. The van der Waals surface area contributed by atoms with Gasteiger partial charge in [-0.15, -0.1) is 4.91 Å². The first-order chi connectivity index (χ1) is 16.5. The fourth-order valence-corrected chi connectivity index (χ4v) is 5.53. The van der Waals surface area contributed by atoms with E-state index in [1.807, 2.05) is 11.9 Å². The third-order valence-corrected chi connectivity index (χ3v) is 7.25. The van der Waals surface area contributed by atoms with Crippen molar-refractivity contribution in [2.24, 2.45) is 5.18 Å². The van der Waals surface area contributed by atoms with Crippen molar-refractivity contribution < 1.29 is 14.6 Å². The fraction of sp³-hybridized carbons (Fsp3) is 0.542. The van der Waals surface area contributed by atoms with E-state index in [0.717, 1.165) is 37.2 Å². The molecule has 5 rings (SSSR count). The molecule has 2 unspecified atom stereocenters. The van der Waals surface area contributed by atoms with Crippen LogP contribution in [0.3, 0.4) is 0 Å². The van der Waals surface area contributed by atoms with Gasteiger partial charge in [0.2, 0.25) is 5.95 Å². The van der Waals surface area contributed by atoms with Crippen LogP contribution in [-0.4, -0.2) is 52.9 Å². The summed E-state index contributed by atoms with van der Waals surface area (Å²) in [6.45, 7) is 2.62. The Kier molecular flexibility index (Phi) is 6.07. The number of amides is 1. The predicted molar refractivity (Wildman–Crippen MR) is 129 cm³/mol. The Balaban J connectivity index is 1.53. The molecule has 2 atom stereocenters. The highest BCUT2D eigenvalue weighted by molar-refractivity contribution is 5.98. The molecule has 3 heterocycles. The number of hydrogen-bond acceptors (Lipinski definition) is 9. The van der Waals surface area contributed by atoms with Crippen LogP contribution in [0, 0.1) is 4.91 Å². The maximum atomic E-state index is 12.0. The van der Waals surface area contributed by atoms with Crippen molar-refractivity contribution in [2.75, 3.05) is 28.8 Å². The Bertz CT molecular complexity index is 1100. The number of aliphatic hydroxyl groups is 1. The zero-order valence-electron chi connectivity index (χ0n) is 19.5. The van der Waals surface area contributed by atoms with Crippen molar-refractivity contribution in [3.8, 4) is 5.75 Å². The molecule has 0 saturated heterocycles. The zero-order chi connectivity index (χ0) is 23.8. The average molecular weight is 467 g/mol. The highest BCUT2D eigenvalue weighted by Gasteiger charge is 2.41. The van der Waals surface area contributed by atoms with E-state index in [4.69, 9.17) is 9.72 Å². The van der Waals surface area contributed by atoms with Gasteiger partial charge in [0.1, 0.15) is 17.7 Å². The minimum atomic E-state index is -0.794. The van der Waals surface area contributed by atoms with Crippen LogP contribution in [0.5, 0.6) is 5.75 Å². The molecule has 1 saturated carbocycles. The molecule has 0 bridgehead atoms. The third-order valence-electron chi connectivity index (χ3n) is 7.25. The first-order valence-corrected chi connectivity index (χ1v) is 12.0. The number of ether oxygens (including phenoxy) is 1. The first kappa shape index (κ1) is 22.5. The number of aromatic nitrogens is 2. The van der Waals surface area contributed by atoms with Crippen molar-refractivity contribution >= 4 is 29.0 Å². The summed E-state index contributed by atoms with van der Waals surface area (Å²) in [5, 5.41) is 16.8. The minimum absolute atomic E-state index is 0.0550. The van der Waals surface area contributed by atoms with Crippen molar-refractivity contribution in [2.45, 2.75) is 70.2 Å². The van der Waals surface area contributed by atoms with Crippen LogP contribution in [0.1, 0.15) is 61.4 Å². The number of nitroso groups, excluding NO2 is 1. The van der Waals surface area contributed by atoms with Gasteiger partial charge in [-0.2, -0.15) is 4.98 Å². The second-order valence-electron chi connectivity index (χ2n) is 9.19. The van der Waals surface area contributed by atoms with Crippen LogP contribution in [0.25, 0.3) is 0 Å². The lowest BCUT2D eigenvalue weighted by Gasteiger charge is -2.48. The summed E-state index contributed by atoms with van der Waals surface area (Å²) < 4.78 is 5.88. The van der Waals surface area contributed by atoms with E-state index in [-0.39, 0.29) is 11.6 Å². The van der Waals surface area contributed by atoms with Gasteiger partial charge < -0.3 is 25.0 Å². The Morgan fingerprint density at radius 2 is 2.09 bits per heavy atom. The standard InChI is InChI=1S/C24H30N6O4/c1-3-18-23(32)29(2)19-13-25-24(27-21(19)30(18)14-7-4-5-8-14)26-17-11-10-16(22(31)28-33)15-9-6-12-34-20(15)17/h10-11,13-14,18,23,32H,3-9,12H2,1-2H3,(H,25,26,27). The van der Waals surface area contributed by atoms with Crippen molar-refractivity contribution in [3.05, 3.63) is 34.4 Å². The van der Waals surface area contributed by atoms with Gasteiger partial charge in [0.25, 0.3) is 0 Å². The van der Waals surface area contributed by atoms with Gasteiger partial charge in [-0.1, -0.05) is 19.8 Å². The van der Waals surface area contributed by atoms with E-state index in [0.29, 0.717) is 42.0 Å². The molecule has 0 radical (unpaired) electrons. The van der Waals surface area contributed by atoms with E-state index >= 15 is 0 Å². The van der Waals surface area contributed by atoms with Gasteiger partial charge in [0.15, 0.2) is 5.82 Å². The van der Waals surface area contributed by atoms with Crippen LogP contribution < -0.4 is 19.9 Å². The van der Waals surface area contributed by atoms with Gasteiger partial charge in [-0.25, -0.2) is 4.98 Å². The van der Waals surface area contributed by atoms with E-state index in [1.165, 1.54) is 12.8 Å². The van der Waals surface area contributed by atoms with Crippen LogP contribution in [0.15, 0.2) is 23.5 Å². The highest BCUT2D eigenvalue weighted by atomic mass is 16.5. The molecule has 10 heteroatoms. The SMILES string of the molecule is CCC1C(O)N(C)c2cnc(Nc3ccc(C(=O)N=O)c4c3OCCC4)nc2N1C1CCCC1. The lowest BCUT2D eigenvalue weighted by atomic mass is 9.98. The van der Waals surface area contributed by atoms with Crippen LogP contribution in [0.4, 0.5) is 23.1 Å². The summed E-state index contributed by atoms with van der Waals surface area (Å²) in [6, 6.07) is 3.58. The molecule has 10 nitrogen and oxygen atoms in total. The largest absolute Gasteiger partial charge is 0.491 e. The number of fused-ring (bicyclic) bond motifs is 2. The number of carbonyl (C=O) groups excluding carboxylic acids is 1. The number of benzene rings is 1. The molecular formula is C24H30N6O4. The van der Waals surface area contributed by atoms with Crippen LogP contribution in [-0.2, 0) is 6.42 Å². The maximum absolute atomic E-state index is 12.0. The van der Waals surface area contributed by atoms with Gasteiger partial charge in [-0.05, 0) is 44.2 Å². The lowest BCUT2D eigenvalue weighted by molar-refractivity contribution is 0.0998. The lowest BCUT2D eigenvalue weighted by Crippen LogP contribution is -2.58. The molecule has 2 N–H and O–H groups in total. The van der Waals surface area contributed by atoms with E-state index in [1.54, 1.807) is 18.3 Å². The van der Waals surface area contributed by atoms with Gasteiger partial charge in [0, 0.05) is 23.8 Å². The Labute approximate surface area is 198 Å². The monoisotopic (exact) mass is 466 g/mol. The molecule has 1 fully saturated rings. The van der Waals surface area contributed by atoms with E-state index in [9.17, 15) is 14.8 Å². The quantitative estimate of drug-likeness (QED) is 0.635. The van der Waals surface area contributed by atoms with Crippen LogP contribution >= 0.6 is 0 Å². The van der Waals surface area contributed by atoms with Crippen molar-refractivity contribution in [1.82, 2.24) is 9.97 Å². The first-order valence-electron chi connectivity index (χ1n) is 12.0. The molecule has 180 valence electrons. The molecule has 1 aromatic carbocycles. The molecule has 3 aliphatic rings. The number of nitrogens with one attached hydrogen (secondary N) is 1. The Morgan fingerprint density at radius 3 is 2.82 bits per heavy atom. The number of nitrogens with zero attached hydrogens (tertiary/aromatic N) is 5. The maximum Gasteiger partial charge on any atom is 0.317 e. The molecule has 2 aliphatic heterocycles. The number of aliphatic hydroxyl groups excluding tert-OH is 1. The second kappa shape index (κ2) is 9.17. The normalized spacial score (nSPS) is 22.1. The summed E-state index contributed by atoms with van der Waals surface area (Å²) in [6.07, 6.45) is 7.83. The Morgan fingerprint density at radius 1 is 1.29 bits per heavy atom. The molecule has 1 amide bonds. The highest BCUT2D eigenvalue weighted by Crippen LogP contribution is 2.42. The number of anilines is 4. The molecule has 1 aliphatic carbocycles. The number of hydrogen-bond donors (Lipinski definition) is 2. The Hall–Kier alpha value is -3.27. The second-order valence-corrected chi connectivity index (χ2v) is 9.19. The fourth-order valence-electron chi connectivity index (χ4n) is 5.53. The number of rotatable bonds is 5. The molecule has 34 heavy (non-hydrogen) atoms. The third kappa shape index (κ3) is 3.75. The minimum Gasteiger partial charge on any atom is -0.491 e. The molecule has 2 aromatic rings. The zero-order valence-corrected chi connectivity index (χ0v) is 19.5. The predicted octanol–water partition coefficient (Wildman–Crippen LogP) is 3.75. The summed E-state index contributed by atoms with van der Waals surface area (Å²) in [5.41, 5.74) is 2.39. The summed E-state index contributed by atoms with van der Waals surface area (Å²) >= 11 is 0. The van der Waals surface area contributed by atoms with Crippen LogP contribution in [0.2, 0.25) is 0 Å². The summed E-state index contributed by atoms with van der Waals surface area (Å²) in [7, 11) is 1.87. The van der Waals surface area contributed by atoms with Gasteiger partial charge in [-0.3, -0.25) is 4.79 Å². The van der Waals surface area contributed by atoms with Crippen molar-refractivity contribution in [1.29, 1.82) is 0 Å². The molecular weight excluding hydrogens is 436 g/mol. The van der Waals surface area contributed by atoms with E-state index in [2.05, 4.69) is 27.3 Å². The summed E-state index contributed by atoms with van der Waals surface area (Å²) in [4.78, 5) is 36.4. The van der Waals surface area contributed by atoms with Gasteiger partial charge >= 0.3 is 5.91 Å². The smallest absolute Gasteiger partial charge is 0.317 e. The van der Waals surface area contributed by atoms with Gasteiger partial charge in [0.05, 0.1) is 30.1 Å². The number of carbonyl (C=O) groups is 1. The number of likely N-dealkylation sites (N-methyl/N-ethyl adjacent to an activating group) is 1. The molecule has 0 spiro atoms. The topological polar surface area (TPSA) is 120 Å². The summed E-state index contributed by atoms with van der Waals surface area (Å²) in [5.74, 6) is 0.965.